The van der Waals surface area contributed by atoms with Crippen molar-refractivity contribution in [2.75, 3.05) is 12.8 Å². The van der Waals surface area contributed by atoms with Crippen LogP contribution in [0, 0.1) is 0 Å². The topological polar surface area (TPSA) is 64.3 Å². The maximum Gasteiger partial charge on any atom is 0.276 e. The van der Waals surface area contributed by atoms with Gasteiger partial charge in [-0.05, 0) is 17.7 Å². The van der Waals surface area contributed by atoms with Gasteiger partial charge in [0.15, 0.2) is 0 Å². The van der Waals surface area contributed by atoms with Crippen LogP contribution >= 0.6 is 0 Å². The first-order valence-electron chi connectivity index (χ1n) is 3.96. The lowest BCUT2D eigenvalue weighted by Gasteiger charge is -2.06. The number of nitrogens with one attached hydrogen (secondary N) is 1. The molecular formula is C9H11FN2O2. The maximum atomic E-state index is 12.3. The van der Waals surface area contributed by atoms with Gasteiger partial charge < -0.3 is 5.73 Å². The molecule has 0 spiro atoms. The van der Waals surface area contributed by atoms with E-state index in [0.29, 0.717) is 5.56 Å². The molecule has 0 aliphatic carbocycles. The Kier molecular flexibility index (Phi) is 3.41. The molecule has 0 aromatic heterocycles. The summed E-state index contributed by atoms with van der Waals surface area (Å²) in [4.78, 5) is 15.7. The first-order chi connectivity index (χ1) is 6.69. The van der Waals surface area contributed by atoms with Crippen LogP contribution < -0.4 is 11.2 Å². The van der Waals surface area contributed by atoms with Gasteiger partial charge in [0.2, 0.25) is 0 Å². The van der Waals surface area contributed by atoms with Crippen LogP contribution in [0.25, 0.3) is 0 Å². The predicted octanol–water partition coefficient (Wildman–Crippen LogP) is 1.03. The number of carbonyl (C=O) groups excluding carboxylic acids is 1. The predicted molar refractivity (Wildman–Crippen MR) is 50.1 cm³/mol. The highest BCUT2D eigenvalue weighted by molar-refractivity contribution is 5.98. The number of alkyl halides is 1. The number of anilines is 1. The van der Waals surface area contributed by atoms with E-state index < -0.39 is 12.6 Å². The van der Waals surface area contributed by atoms with E-state index in [1.807, 2.05) is 0 Å². The van der Waals surface area contributed by atoms with E-state index in [2.05, 4.69) is 10.3 Å². The van der Waals surface area contributed by atoms with Gasteiger partial charge in [-0.25, -0.2) is 9.87 Å². The molecule has 0 fully saturated rings. The van der Waals surface area contributed by atoms with Gasteiger partial charge in [-0.2, -0.15) is 0 Å². The number of rotatable bonds is 3. The summed E-state index contributed by atoms with van der Waals surface area (Å²) in [6.45, 7) is -0.631. The van der Waals surface area contributed by atoms with Crippen LogP contribution in [0.4, 0.5) is 10.1 Å². The van der Waals surface area contributed by atoms with Crippen molar-refractivity contribution in [3.05, 3.63) is 29.3 Å². The van der Waals surface area contributed by atoms with Crippen molar-refractivity contribution >= 4 is 11.6 Å². The lowest BCUT2D eigenvalue weighted by Crippen LogP contribution is -2.23. The van der Waals surface area contributed by atoms with Gasteiger partial charge in [-0.3, -0.25) is 9.63 Å². The SMILES string of the molecule is CONC(=O)c1cc(CF)ccc1N. The molecule has 0 bridgehead atoms. The highest BCUT2D eigenvalue weighted by Gasteiger charge is 2.09. The Labute approximate surface area is 80.8 Å². The Morgan fingerprint density at radius 1 is 1.64 bits per heavy atom. The van der Waals surface area contributed by atoms with Crippen LogP contribution in [-0.2, 0) is 11.5 Å². The molecule has 1 rings (SSSR count). The molecule has 3 N–H and O–H groups in total. The number of benzene rings is 1. The fraction of sp³-hybridized carbons (Fsp3) is 0.222. The molecule has 0 radical (unpaired) electrons. The summed E-state index contributed by atoms with van der Waals surface area (Å²) < 4.78 is 12.3. The number of hydrogen-bond acceptors (Lipinski definition) is 3. The van der Waals surface area contributed by atoms with Crippen LogP contribution in [0.1, 0.15) is 15.9 Å². The third-order valence-electron chi connectivity index (χ3n) is 1.71. The normalized spacial score (nSPS) is 9.86. The first-order valence-corrected chi connectivity index (χ1v) is 3.96. The van der Waals surface area contributed by atoms with Gasteiger partial charge in [-0.15, -0.1) is 0 Å². The van der Waals surface area contributed by atoms with Crippen molar-refractivity contribution in [2.24, 2.45) is 0 Å². The number of amides is 1. The lowest BCUT2D eigenvalue weighted by molar-refractivity contribution is 0.0538. The molecule has 0 atom stereocenters. The highest BCUT2D eigenvalue weighted by Crippen LogP contribution is 2.14. The summed E-state index contributed by atoms with van der Waals surface area (Å²) in [5.41, 5.74) is 8.55. The summed E-state index contributed by atoms with van der Waals surface area (Å²) in [7, 11) is 1.31. The molecule has 14 heavy (non-hydrogen) atoms. The number of nitrogen functional groups attached to an aromatic ring is 1. The second kappa shape index (κ2) is 4.57. The Morgan fingerprint density at radius 3 is 2.93 bits per heavy atom. The fourth-order valence-corrected chi connectivity index (χ4v) is 1.03. The number of halogens is 1. The Bertz CT molecular complexity index is 342. The Balaban J connectivity index is 2.99. The molecule has 1 amide bonds. The van der Waals surface area contributed by atoms with Crippen molar-refractivity contribution in [1.82, 2.24) is 5.48 Å². The molecule has 76 valence electrons. The van der Waals surface area contributed by atoms with Gasteiger partial charge in [0.1, 0.15) is 6.67 Å². The van der Waals surface area contributed by atoms with E-state index in [0.717, 1.165) is 0 Å². The minimum absolute atomic E-state index is 0.210. The van der Waals surface area contributed by atoms with Crippen molar-refractivity contribution in [3.8, 4) is 0 Å². The van der Waals surface area contributed by atoms with Crippen molar-refractivity contribution < 1.29 is 14.0 Å². The zero-order valence-electron chi connectivity index (χ0n) is 7.71. The monoisotopic (exact) mass is 198 g/mol. The van der Waals surface area contributed by atoms with Crippen LogP contribution in [0.2, 0.25) is 0 Å². The summed E-state index contributed by atoms with van der Waals surface area (Å²) in [5.74, 6) is -0.486. The molecule has 5 heteroatoms. The van der Waals surface area contributed by atoms with Gasteiger partial charge in [0.05, 0.1) is 12.7 Å². The molecular weight excluding hydrogens is 187 g/mol. The zero-order valence-corrected chi connectivity index (χ0v) is 7.71. The second-order valence-electron chi connectivity index (χ2n) is 2.69. The van der Waals surface area contributed by atoms with Crippen molar-refractivity contribution in [3.63, 3.8) is 0 Å². The highest BCUT2D eigenvalue weighted by atomic mass is 19.1. The average Bonchev–Trinajstić information content (AvgIpc) is 2.19. The number of carbonyl (C=O) groups is 1. The third-order valence-corrected chi connectivity index (χ3v) is 1.71. The molecule has 0 saturated heterocycles. The number of hydroxylamine groups is 1. The zero-order chi connectivity index (χ0) is 10.6. The van der Waals surface area contributed by atoms with Gasteiger partial charge in [-0.1, -0.05) is 6.07 Å². The molecule has 0 unspecified atom stereocenters. The number of hydrogen-bond donors (Lipinski definition) is 2. The standard InChI is InChI=1S/C9H11FN2O2/c1-14-12-9(13)7-4-6(5-10)2-3-8(7)11/h2-4H,5,11H2,1H3,(H,12,13). The van der Waals surface area contributed by atoms with Gasteiger partial charge >= 0.3 is 0 Å². The number of nitrogens with two attached hydrogens (primary N) is 1. The lowest BCUT2D eigenvalue weighted by atomic mass is 10.1. The fourth-order valence-electron chi connectivity index (χ4n) is 1.03. The quantitative estimate of drug-likeness (QED) is 0.563. The van der Waals surface area contributed by atoms with E-state index in [1.165, 1.54) is 25.3 Å². The average molecular weight is 198 g/mol. The molecule has 0 saturated carbocycles. The summed E-state index contributed by atoms with van der Waals surface area (Å²) in [6.07, 6.45) is 0. The van der Waals surface area contributed by atoms with Crippen LogP contribution in [-0.4, -0.2) is 13.0 Å². The van der Waals surface area contributed by atoms with E-state index in [9.17, 15) is 9.18 Å². The van der Waals surface area contributed by atoms with E-state index in [-0.39, 0.29) is 11.3 Å². The molecule has 0 heterocycles. The summed E-state index contributed by atoms with van der Waals surface area (Å²) in [5, 5.41) is 0. The molecule has 0 aliphatic heterocycles. The molecule has 0 aliphatic rings. The van der Waals surface area contributed by atoms with Crippen LogP contribution in [0.5, 0.6) is 0 Å². The van der Waals surface area contributed by atoms with E-state index in [1.54, 1.807) is 0 Å². The van der Waals surface area contributed by atoms with Crippen LogP contribution in [0.15, 0.2) is 18.2 Å². The van der Waals surface area contributed by atoms with Crippen LogP contribution in [0.3, 0.4) is 0 Å². The molecule has 1 aromatic rings. The first kappa shape index (κ1) is 10.5. The third kappa shape index (κ3) is 2.20. The van der Waals surface area contributed by atoms with Crippen molar-refractivity contribution in [2.45, 2.75) is 6.67 Å². The second-order valence-corrected chi connectivity index (χ2v) is 2.69. The minimum Gasteiger partial charge on any atom is -0.398 e. The minimum atomic E-state index is -0.631. The molecule has 4 nitrogen and oxygen atoms in total. The molecule has 1 aromatic carbocycles. The summed E-state index contributed by atoms with van der Waals surface area (Å²) in [6, 6.07) is 4.40. The smallest absolute Gasteiger partial charge is 0.276 e. The summed E-state index contributed by atoms with van der Waals surface area (Å²) >= 11 is 0. The van der Waals surface area contributed by atoms with Crippen molar-refractivity contribution in [1.29, 1.82) is 0 Å². The maximum absolute atomic E-state index is 12.3. The van der Waals surface area contributed by atoms with E-state index >= 15 is 0 Å². The Morgan fingerprint density at radius 2 is 2.36 bits per heavy atom. The van der Waals surface area contributed by atoms with Gasteiger partial charge in [0, 0.05) is 5.69 Å². The Hall–Kier alpha value is -1.62. The van der Waals surface area contributed by atoms with Gasteiger partial charge in [0.25, 0.3) is 5.91 Å². The van der Waals surface area contributed by atoms with E-state index in [4.69, 9.17) is 5.73 Å². The largest absolute Gasteiger partial charge is 0.398 e.